The Morgan fingerprint density at radius 3 is 0.969 bits per heavy atom. The van der Waals surface area contributed by atoms with Crippen molar-refractivity contribution in [2.75, 3.05) is 0 Å². The minimum atomic E-state index is -2.92. The number of benzene rings is 14. The fraction of sp³-hybridized carbons (Fsp3) is 0. The number of hydrogen-bond donors (Lipinski definition) is 0. The lowest BCUT2D eigenvalue weighted by atomic mass is 10.1. The Morgan fingerprint density at radius 2 is 0.541 bits per heavy atom. The van der Waals surface area contributed by atoms with Crippen LogP contribution in [-0.4, -0.2) is 45.9 Å². The summed E-state index contributed by atoms with van der Waals surface area (Å²) in [5.74, 6) is 1.47. The van der Waals surface area contributed by atoms with Crippen molar-refractivity contribution in [3.8, 4) is 46.4 Å². The van der Waals surface area contributed by atoms with Gasteiger partial charge in [0.15, 0.2) is 13.9 Å². The van der Waals surface area contributed by atoms with Gasteiger partial charge in [-0.2, -0.15) is 20.2 Å². The van der Waals surface area contributed by atoms with Crippen LogP contribution in [0.15, 0.2) is 334 Å². The second kappa shape index (κ2) is 21.7. The Kier molecular flexibility index (Phi) is 12.2. The number of fused-ring (bicyclic) bond motifs is 15. The van der Waals surface area contributed by atoms with Crippen molar-refractivity contribution in [3.05, 3.63) is 339 Å². The molecule has 0 spiro atoms. The SMILES string of the molecule is N#Cc1ccc2c(c1)c1ccccc1n2-c1ccc2c3ccccc3n(-c3nc(-c4ccc([Si](c5ccccc5)(c5ccccc5)c5ccccc5)cc4)nc(-n4c5ccc(-n6c7ccccc7c7ccccc76)cc5c5cc(-n6c7ccccc7c7ccccc76)ccc54)n3)c2c1. The van der Waals surface area contributed by atoms with E-state index in [1.54, 1.807) is 0 Å². The monoisotopic (exact) mass is 1270 g/mol. The van der Waals surface area contributed by atoms with Crippen LogP contribution in [0.25, 0.3) is 149 Å². The highest BCUT2D eigenvalue weighted by Crippen LogP contribution is 2.42. The first-order valence-electron chi connectivity index (χ1n) is 33.1. The zero-order valence-electron chi connectivity index (χ0n) is 52.8. The van der Waals surface area contributed by atoms with E-state index in [1.807, 2.05) is 12.1 Å². The lowest BCUT2D eigenvalue weighted by molar-refractivity contribution is 0.892. The molecule has 0 radical (unpaired) electrons. The first kappa shape index (κ1) is 55.3. The zero-order chi connectivity index (χ0) is 64.6. The molecule has 0 atom stereocenters. The van der Waals surface area contributed by atoms with Crippen LogP contribution >= 0.6 is 0 Å². The third kappa shape index (κ3) is 8.14. The summed E-state index contributed by atoms with van der Waals surface area (Å²) in [4.78, 5) is 17.2. The fourth-order valence-electron chi connectivity index (χ4n) is 16.1. The number of nitrogens with zero attached hydrogens (tertiary/aromatic N) is 9. The molecule has 0 aliphatic carbocycles. The van der Waals surface area contributed by atoms with Gasteiger partial charge in [-0.1, -0.05) is 231 Å². The molecule has 0 unspecified atom stereocenters. The third-order valence-electron chi connectivity index (χ3n) is 20.3. The van der Waals surface area contributed by atoms with Gasteiger partial charge in [0.05, 0.1) is 66.8 Å². The van der Waals surface area contributed by atoms with Crippen LogP contribution in [0.4, 0.5) is 0 Å². The van der Waals surface area contributed by atoms with Crippen molar-refractivity contribution in [1.29, 1.82) is 5.26 Å². The molecule has 98 heavy (non-hydrogen) atoms. The van der Waals surface area contributed by atoms with E-state index in [0.717, 1.165) is 110 Å². The van der Waals surface area contributed by atoms with Crippen LogP contribution in [0.5, 0.6) is 0 Å². The molecule has 0 aliphatic rings. The Bertz CT molecular complexity index is 6310. The summed E-state index contributed by atoms with van der Waals surface area (Å²) >= 11 is 0. The second-order valence-electron chi connectivity index (χ2n) is 25.4. The van der Waals surface area contributed by atoms with Crippen molar-refractivity contribution in [2.45, 2.75) is 0 Å². The molecule has 10 heteroatoms. The van der Waals surface area contributed by atoms with Crippen molar-refractivity contribution in [3.63, 3.8) is 0 Å². The summed E-state index contributed by atoms with van der Waals surface area (Å²) in [6.07, 6.45) is 0. The normalized spacial score (nSPS) is 12.1. The molecule has 14 aromatic carbocycles. The molecular formula is C88H55N9Si. The van der Waals surface area contributed by atoms with Crippen LogP contribution in [0.1, 0.15) is 5.56 Å². The average molecular weight is 1270 g/mol. The highest BCUT2D eigenvalue weighted by Gasteiger charge is 2.41. The van der Waals surface area contributed by atoms with Gasteiger partial charge in [-0.3, -0.25) is 9.13 Å². The van der Waals surface area contributed by atoms with Crippen molar-refractivity contribution in [2.24, 2.45) is 0 Å². The molecule has 6 heterocycles. The smallest absolute Gasteiger partial charge is 0.240 e. The van der Waals surface area contributed by atoms with E-state index in [2.05, 4.69) is 350 Å². The summed E-state index contributed by atoms with van der Waals surface area (Å²) in [6, 6.07) is 123. The van der Waals surface area contributed by atoms with Gasteiger partial charge in [0, 0.05) is 76.5 Å². The molecule has 6 aromatic heterocycles. The van der Waals surface area contributed by atoms with E-state index in [1.165, 1.54) is 42.3 Å². The molecule has 456 valence electrons. The van der Waals surface area contributed by atoms with Crippen LogP contribution in [-0.2, 0) is 0 Å². The average Bonchev–Trinajstić information content (AvgIpc) is 1.44. The predicted molar refractivity (Wildman–Crippen MR) is 405 cm³/mol. The van der Waals surface area contributed by atoms with Gasteiger partial charge >= 0.3 is 0 Å². The quantitative estimate of drug-likeness (QED) is 0.101. The van der Waals surface area contributed by atoms with Gasteiger partial charge in [-0.25, -0.2) is 0 Å². The van der Waals surface area contributed by atoms with Crippen LogP contribution in [0.3, 0.4) is 0 Å². The number of aromatic nitrogens is 8. The number of nitriles is 1. The Morgan fingerprint density at radius 1 is 0.235 bits per heavy atom. The van der Waals surface area contributed by atoms with E-state index in [-0.39, 0.29) is 0 Å². The summed E-state index contributed by atoms with van der Waals surface area (Å²) in [5, 5.41) is 26.4. The predicted octanol–water partition coefficient (Wildman–Crippen LogP) is 18.3. The van der Waals surface area contributed by atoms with Gasteiger partial charge in [-0.05, 0) is 124 Å². The van der Waals surface area contributed by atoms with E-state index < -0.39 is 8.07 Å². The third-order valence-corrected chi connectivity index (χ3v) is 25.1. The summed E-state index contributed by atoms with van der Waals surface area (Å²) in [5.41, 5.74) is 14.9. The number of hydrogen-bond acceptors (Lipinski definition) is 4. The Hall–Kier alpha value is -13.2. The Labute approximate surface area is 563 Å². The standard InChI is InChI=1S/C88H55N9Si/c89-56-57-40-49-82-73(52-57)71-33-15-20-38-80(71)95(82)61-43-48-72-70-32-14-21-39-81(70)97(85(72)55-61)88-91-86(58-41-46-65(47-42-58)98(62-22-4-1-5-23-62,63-24-6-2-7-25-63)64-26-8-3-9-27-64)90-87(92-88)96-83-50-44-59(93-76-34-16-10-28-66(76)67-29-11-17-35-77(67)93)53-74(83)75-54-60(45-51-84(75)96)94-78-36-18-12-30-68(78)69-31-13-19-37-79(69)94/h1-55H. The molecule has 0 N–H and O–H groups in total. The molecule has 0 amide bonds. The molecule has 0 aliphatic heterocycles. The first-order chi connectivity index (χ1) is 48.6. The molecule has 9 nitrogen and oxygen atoms in total. The van der Waals surface area contributed by atoms with Gasteiger partial charge in [0.2, 0.25) is 11.9 Å². The Balaban J connectivity index is 0.867. The molecule has 0 saturated heterocycles. The topological polar surface area (TPSA) is 87.1 Å². The van der Waals surface area contributed by atoms with E-state index >= 15 is 0 Å². The van der Waals surface area contributed by atoms with Gasteiger partial charge in [0.25, 0.3) is 0 Å². The second-order valence-corrected chi connectivity index (χ2v) is 29.2. The van der Waals surface area contributed by atoms with Gasteiger partial charge in [0.1, 0.15) is 0 Å². The van der Waals surface area contributed by atoms with Crippen molar-refractivity contribution in [1.82, 2.24) is 37.8 Å². The van der Waals surface area contributed by atoms with Crippen LogP contribution in [0.2, 0.25) is 0 Å². The number of para-hydroxylation sites is 6. The lowest BCUT2D eigenvalue weighted by Crippen LogP contribution is -2.74. The van der Waals surface area contributed by atoms with Gasteiger partial charge < -0.3 is 13.7 Å². The van der Waals surface area contributed by atoms with Crippen molar-refractivity contribution < 1.29 is 0 Å². The molecule has 20 aromatic rings. The first-order valence-corrected chi connectivity index (χ1v) is 35.1. The highest BCUT2D eigenvalue weighted by molar-refractivity contribution is 7.19. The molecule has 0 fully saturated rings. The zero-order valence-corrected chi connectivity index (χ0v) is 53.8. The van der Waals surface area contributed by atoms with E-state index in [9.17, 15) is 5.26 Å². The molecule has 0 bridgehead atoms. The van der Waals surface area contributed by atoms with E-state index in [0.29, 0.717) is 23.3 Å². The molecule has 0 saturated carbocycles. The van der Waals surface area contributed by atoms with E-state index in [4.69, 9.17) is 15.0 Å². The summed E-state index contributed by atoms with van der Waals surface area (Å²) < 4.78 is 11.6. The van der Waals surface area contributed by atoms with Crippen molar-refractivity contribution >= 4 is 138 Å². The maximum Gasteiger partial charge on any atom is 0.240 e. The summed E-state index contributed by atoms with van der Waals surface area (Å²) in [6.45, 7) is 0. The van der Waals surface area contributed by atoms with Crippen LogP contribution < -0.4 is 20.7 Å². The minimum absolute atomic E-state index is 0.471. The molecular weight excluding hydrogens is 1210 g/mol. The highest BCUT2D eigenvalue weighted by atomic mass is 28.3. The minimum Gasteiger partial charge on any atom is -0.309 e. The van der Waals surface area contributed by atoms with Crippen LogP contribution in [0, 0.1) is 11.3 Å². The largest absolute Gasteiger partial charge is 0.309 e. The molecule has 20 rings (SSSR count). The maximum atomic E-state index is 10.1. The van der Waals surface area contributed by atoms with Gasteiger partial charge in [-0.15, -0.1) is 0 Å². The lowest BCUT2D eigenvalue weighted by Gasteiger charge is -2.34. The number of rotatable bonds is 10. The summed E-state index contributed by atoms with van der Waals surface area (Å²) in [7, 11) is -2.92. The fourth-order valence-corrected chi connectivity index (χ4v) is 20.9. The maximum absolute atomic E-state index is 10.1.